The number of carbonyl (C=O) groups excluding carboxylic acids is 1. The van der Waals surface area contributed by atoms with Crippen LogP contribution in [0.4, 0.5) is 5.69 Å². The monoisotopic (exact) mass is 301 g/mol. The Morgan fingerprint density at radius 3 is 2.57 bits per heavy atom. The van der Waals surface area contributed by atoms with Crippen LogP contribution in [0.5, 0.6) is 5.75 Å². The first-order valence-electron chi connectivity index (χ1n) is 6.48. The van der Waals surface area contributed by atoms with Crippen LogP contribution in [0.1, 0.15) is 11.1 Å². The molecule has 2 aromatic carbocycles. The zero-order valence-electron chi connectivity index (χ0n) is 11.9. The van der Waals surface area contributed by atoms with Crippen LogP contribution in [0.15, 0.2) is 48.5 Å². The van der Waals surface area contributed by atoms with E-state index in [-0.39, 0.29) is 5.91 Å². The zero-order valence-corrected chi connectivity index (χ0v) is 12.6. The van der Waals surface area contributed by atoms with Gasteiger partial charge in [-0.25, -0.2) is 0 Å². The van der Waals surface area contributed by atoms with E-state index in [1.54, 1.807) is 25.3 Å². The Morgan fingerprint density at radius 2 is 1.90 bits per heavy atom. The van der Waals surface area contributed by atoms with Crippen LogP contribution in [-0.4, -0.2) is 13.0 Å². The fourth-order valence-corrected chi connectivity index (χ4v) is 1.98. The smallest absolute Gasteiger partial charge is 0.248 e. The van der Waals surface area contributed by atoms with Crippen molar-refractivity contribution in [2.24, 2.45) is 0 Å². The summed E-state index contributed by atoms with van der Waals surface area (Å²) < 4.78 is 5.08. The molecule has 4 heteroatoms. The SMILES string of the molecule is COc1ccc(C=CC(=O)Nc2cccc(Cl)c2C)cc1. The molecule has 0 aliphatic carbocycles. The van der Waals surface area contributed by atoms with Crippen LogP contribution in [-0.2, 0) is 4.79 Å². The Labute approximate surface area is 129 Å². The number of halogens is 1. The molecule has 0 fully saturated rings. The van der Waals surface area contributed by atoms with Gasteiger partial charge in [-0.1, -0.05) is 29.8 Å². The number of methoxy groups -OCH3 is 1. The molecule has 0 heterocycles. The molecule has 0 atom stereocenters. The molecule has 0 unspecified atom stereocenters. The first-order chi connectivity index (χ1) is 10.1. The van der Waals surface area contributed by atoms with Crippen LogP contribution in [0.25, 0.3) is 6.08 Å². The summed E-state index contributed by atoms with van der Waals surface area (Å²) in [4.78, 5) is 11.9. The van der Waals surface area contributed by atoms with Crippen molar-refractivity contribution in [2.45, 2.75) is 6.92 Å². The molecule has 1 amide bonds. The third-order valence-electron chi connectivity index (χ3n) is 3.07. The van der Waals surface area contributed by atoms with Crippen molar-refractivity contribution in [3.05, 3.63) is 64.7 Å². The van der Waals surface area contributed by atoms with Gasteiger partial charge in [0.15, 0.2) is 0 Å². The van der Waals surface area contributed by atoms with E-state index in [1.165, 1.54) is 6.08 Å². The van der Waals surface area contributed by atoms with Crippen molar-refractivity contribution in [1.82, 2.24) is 0 Å². The van der Waals surface area contributed by atoms with Crippen LogP contribution in [0.3, 0.4) is 0 Å². The zero-order chi connectivity index (χ0) is 15.2. The van der Waals surface area contributed by atoms with Crippen LogP contribution in [0, 0.1) is 6.92 Å². The molecule has 0 bridgehead atoms. The summed E-state index contributed by atoms with van der Waals surface area (Å²) in [5.74, 6) is 0.585. The molecule has 0 aliphatic heterocycles. The molecule has 108 valence electrons. The number of amides is 1. The molecule has 0 aromatic heterocycles. The van der Waals surface area contributed by atoms with Crippen LogP contribution >= 0.6 is 11.6 Å². The molecule has 2 rings (SSSR count). The topological polar surface area (TPSA) is 38.3 Å². The fourth-order valence-electron chi connectivity index (χ4n) is 1.80. The Bertz CT molecular complexity index is 663. The Hall–Kier alpha value is -2.26. The summed E-state index contributed by atoms with van der Waals surface area (Å²) >= 11 is 6.02. The molecule has 21 heavy (non-hydrogen) atoms. The number of carbonyl (C=O) groups is 1. The molecule has 0 aliphatic rings. The maximum Gasteiger partial charge on any atom is 0.248 e. The summed E-state index contributed by atoms with van der Waals surface area (Å²) in [6, 6.07) is 12.9. The van der Waals surface area contributed by atoms with Gasteiger partial charge >= 0.3 is 0 Å². The summed E-state index contributed by atoms with van der Waals surface area (Å²) in [5.41, 5.74) is 2.49. The first-order valence-corrected chi connectivity index (χ1v) is 6.86. The number of benzene rings is 2. The lowest BCUT2D eigenvalue weighted by Gasteiger charge is -2.07. The van der Waals surface area contributed by atoms with Crippen LogP contribution < -0.4 is 10.1 Å². The van der Waals surface area contributed by atoms with Crippen molar-refractivity contribution >= 4 is 29.3 Å². The fraction of sp³-hybridized carbons (Fsp3) is 0.118. The molecular weight excluding hydrogens is 286 g/mol. The van der Waals surface area contributed by atoms with E-state index in [9.17, 15) is 4.79 Å². The van der Waals surface area contributed by atoms with Gasteiger partial charge in [-0.3, -0.25) is 4.79 Å². The Morgan fingerprint density at radius 1 is 1.19 bits per heavy atom. The number of ether oxygens (including phenoxy) is 1. The second kappa shape index (κ2) is 6.95. The van der Waals surface area contributed by atoms with E-state index in [0.29, 0.717) is 10.7 Å². The van der Waals surface area contributed by atoms with Crippen molar-refractivity contribution in [3.63, 3.8) is 0 Å². The van der Waals surface area contributed by atoms with Gasteiger partial charge in [0.05, 0.1) is 7.11 Å². The van der Waals surface area contributed by atoms with Gasteiger partial charge < -0.3 is 10.1 Å². The minimum absolute atomic E-state index is 0.198. The predicted molar refractivity (Wildman–Crippen MR) is 86.8 cm³/mol. The first kappa shape index (κ1) is 15.1. The molecule has 3 nitrogen and oxygen atoms in total. The maximum absolute atomic E-state index is 11.9. The second-order valence-electron chi connectivity index (χ2n) is 4.51. The van der Waals surface area contributed by atoms with E-state index < -0.39 is 0 Å². The van der Waals surface area contributed by atoms with Gasteiger partial charge in [-0.2, -0.15) is 0 Å². The molecule has 0 saturated carbocycles. The van der Waals surface area contributed by atoms with Crippen LogP contribution in [0.2, 0.25) is 5.02 Å². The third-order valence-corrected chi connectivity index (χ3v) is 3.48. The lowest BCUT2D eigenvalue weighted by Crippen LogP contribution is -2.08. The molecule has 0 radical (unpaired) electrons. The Kier molecular flexibility index (Phi) is 5.01. The van der Waals surface area contributed by atoms with E-state index >= 15 is 0 Å². The standard InChI is InChI=1S/C17H16ClNO2/c1-12-15(18)4-3-5-16(12)19-17(20)11-8-13-6-9-14(21-2)10-7-13/h3-11H,1-2H3,(H,19,20). The van der Waals surface area contributed by atoms with Crippen molar-refractivity contribution in [1.29, 1.82) is 0 Å². The summed E-state index contributed by atoms with van der Waals surface area (Å²) in [7, 11) is 1.62. The van der Waals surface area contributed by atoms with E-state index in [4.69, 9.17) is 16.3 Å². The van der Waals surface area contributed by atoms with Gasteiger partial charge in [0.1, 0.15) is 5.75 Å². The van der Waals surface area contributed by atoms with Gasteiger partial charge in [0.25, 0.3) is 0 Å². The lowest BCUT2D eigenvalue weighted by molar-refractivity contribution is -0.111. The average molecular weight is 302 g/mol. The van der Waals surface area contributed by atoms with E-state index in [0.717, 1.165) is 16.9 Å². The summed E-state index contributed by atoms with van der Waals surface area (Å²) in [6.07, 6.45) is 3.23. The van der Waals surface area contributed by atoms with Gasteiger partial charge in [0, 0.05) is 16.8 Å². The largest absolute Gasteiger partial charge is 0.497 e. The highest BCUT2D eigenvalue weighted by Gasteiger charge is 2.04. The van der Waals surface area contributed by atoms with Gasteiger partial charge in [-0.05, 0) is 48.4 Å². The molecule has 1 N–H and O–H groups in total. The maximum atomic E-state index is 11.9. The summed E-state index contributed by atoms with van der Waals surface area (Å²) in [5, 5.41) is 3.44. The van der Waals surface area contributed by atoms with Gasteiger partial charge in [0.2, 0.25) is 5.91 Å². The quantitative estimate of drug-likeness (QED) is 0.855. The lowest BCUT2D eigenvalue weighted by atomic mass is 10.2. The highest BCUT2D eigenvalue weighted by Crippen LogP contribution is 2.22. The molecule has 0 spiro atoms. The minimum Gasteiger partial charge on any atom is -0.497 e. The minimum atomic E-state index is -0.198. The van der Waals surface area contributed by atoms with Crippen molar-refractivity contribution < 1.29 is 9.53 Å². The summed E-state index contributed by atoms with van der Waals surface area (Å²) in [6.45, 7) is 1.87. The highest BCUT2D eigenvalue weighted by molar-refractivity contribution is 6.31. The van der Waals surface area contributed by atoms with E-state index in [1.807, 2.05) is 37.3 Å². The number of hydrogen-bond acceptors (Lipinski definition) is 2. The third kappa shape index (κ3) is 4.10. The van der Waals surface area contributed by atoms with E-state index in [2.05, 4.69) is 5.32 Å². The average Bonchev–Trinajstić information content (AvgIpc) is 2.50. The molecular formula is C17H16ClNO2. The molecule has 2 aromatic rings. The number of anilines is 1. The highest BCUT2D eigenvalue weighted by atomic mass is 35.5. The van der Waals surface area contributed by atoms with Crippen molar-refractivity contribution in [3.8, 4) is 5.75 Å². The van der Waals surface area contributed by atoms with Crippen molar-refractivity contribution in [2.75, 3.05) is 12.4 Å². The second-order valence-corrected chi connectivity index (χ2v) is 4.92. The van der Waals surface area contributed by atoms with Gasteiger partial charge in [-0.15, -0.1) is 0 Å². The molecule has 0 saturated heterocycles. The predicted octanol–water partition coefficient (Wildman–Crippen LogP) is 4.31. The number of nitrogens with one attached hydrogen (secondary N) is 1. The Balaban J connectivity index is 2.03. The normalized spacial score (nSPS) is 10.6. The number of hydrogen-bond donors (Lipinski definition) is 1. The number of rotatable bonds is 4.